The van der Waals surface area contributed by atoms with E-state index >= 15 is 0 Å². The zero-order valence-electron chi connectivity index (χ0n) is 19.5. The summed E-state index contributed by atoms with van der Waals surface area (Å²) in [7, 11) is 0. The number of H-pyrrole nitrogens is 1. The predicted molar refractivity (Wildman–Crippen MR) is 128 cm³/mol. The van der Waals surface area contributed by atoms with Gasteiger partial charge in [0.2, 0.25) is 0 Å². The topological polar surface area (TPSA) is 82.9 Å². The first kappa shape index (κ1) is 21.6. The average Bonchev–Trinajstić information content (AvgIpc) is 3.58. The highest BCUT2D eigenvalue weighted by Gasteiger charge is 2.47. The number of hydrogen-bond donors (Lipinski definition) is 1. The van der Waals surface area contributed by atoms with E-state index in [1.165, 1.54) is 6.07 Å². The number of nitrogens with zero attached hydrogens (tertiary/aromatic N) is 6. The van der Waals surface area contributed by atoms with Gasteiger partial charge in [-0.2, -0.15) is 5.10 Å². The van der Waals surface area contributed by atoms with Gasteiger partial charge in [-0.15, -0.1) is 0 Å². The minimum atomic E-state index is -0.978. The highest BCUT2D eigenvalue weighted by molar-refractivity contribution is 5.95. The van der Waals surface area contributed by atoms with Crippen LogP contribution in [0.4, 0.5) is 8.78 Å². The van der Waals surface area contributed by atoms with E-state index in [1.807, 2.05) is 28.0 Å². The van der Waals surface area contributed by atoms with Crippen molar-refractivity contribution in [3.63, 3.8) is 0 Å². The van der Waals surface area contributed by atoms with Crippen molar-refractivity contribution in [2.45, 2.75) is 49.9 Å². The summed E-state index contributed by atoms with van der Waals surface area (Å²) < 4.78 is 29.1. The van der Waals surface area contributed by atoms with Crippen LogP contribution in [0.25, 0.3) is 22.3 Å². The van der Waals surface area contributed by atoms with Gasteiger partial charge >= 0.3 is 0 Å². The molecule has 3 fully saturated rings. The molecule has 1 aromatic carbocycles. The van der Waals surface area contributed by atoms with E-state index in [1.54, 1.807) is 6.33 Å². The first-order valence-electron chi connectivity index (χ1n) is 12.4. The summed E-state index contributed by atoms with van der Waals surface area (Å²) in [6.07, 6.45) is 11.1. The van der Waals surface area contributed by atoms with Gasteiger partial charge in [-0.3, -0.25) is 14.4 Å². The third-order valence-corrected chi connectivity index (χ3v) is 8.12. The van der Waals surface area contributed by atoms with E-state index in [-0.39, 0.29) is 23.6 Å². The number of piperidine rings is 1. The molecule has 3 aliphatic heterocycles. The summed E-state index contributed by atoms with van der Waals surface area (Å²) in [6.45, 7) is 1.84. The highest BCUT2D eigenvalue weighted by atomic mass is 19.2. The minimum Gasteiger partial charge on any atom is -0.346 e. The molecule has 2 atom stereocenters. The number of amides is 1. The molecular weight excluding hydrogens is 464 g/mol. The first-order valence-corrected chi connectivity index (χ1v) is 12.4. The lowest BCUT2D eigenvalue weighted by Crippen LogP contribution is -2.58. The molecule has 0 saturated carbocycles. The summed E-state index contributed by atoms with van der Waals surface area (Å²) in [4.78, 5) is 29.4. The second-order valence-electron chi connectivity index (χ2n) is 10.1. The molecule has 6 heterocycles. The Balaban J connectivity index is 1.01. The van der Waals surface area contributed by atoms with Gasteiger partial charge < -0.3 is 9.88 Å². The fraction of sp³-hybridized carbons (Fsp3) is 0.385. The van der Waals surface area contributed by atoms with E-state index in [9.17, 15) is 13.6 Å². The van der Waals surface area contributed by atoms with E-state index < -0.39 is 11.6 Å². The Morgan fingerprint density at radius 2 is 1.78 bits per heavy atom. The summed E-state index contributed by atoms with van der Waals surface area (Å²) in [5, 5.41) is 5.60. The Kier molecular flexibility index (Phi) is 4.92. The molecule has 10 heteroatoms. The molecule has 36 heavy (non-hydrogen) atoms. The molecule has 3 saturated heterocycles. The van der Waals surface area contributed by atoms with E-state index in [4.69, 9.17) is 0 Å². The number of aromatic nitrogens is 5. The molecule has 3 aliphatic rings. The van der Waals surface area contributed by atoms with Gasteiger partial charge in [0.05, 0.1) is 17.9 Å². The third-order valence-electron chi connectivity index (χ3n) is 8.12. The maximum absolute atomic E-state index is 13.7. The fourth-order valence-corrected chi connectivity index (χ4v) is 6.27. The number of rotatable bonds is 4. The zero-order valence-corrected chi connectivity index (χ0v) is 19.5. The lowest BCUT2D eigenvalue weighted by atomic mass is 9.92. The van der Waals surface area contributed by atoms with Crippen LogP contribution in [0.5, 0.6) is 0 Å². The van der Waals surface area contributed by atoms with Crippen molar-refractivity contribution >= 4 is 16.9 Å². The van der Waals surface area contributed by atoms with E-state index in [2.05, 4.69) is 31.1 Å². The van der Waals surface area contributed by atoms with Crippen molar-refractivity contribution in [2.24, 2.45) is 0 Å². The van der Waals surface area contributed by atoms with Crippen molar-refractivity contribution in [1.29, 1.82) is 0 Å². The SMILES string of the molecule is O=C(c1ccc(F)c(F)c1)N1C2CCC1CC(N1CC(n3cc(-c4ncnc5[nH]ccc45)cn3)C1)C2. The minimum absolute atomic E-state index is 0.145. The smallest absolute Gasteiger partial charge is 0.254 e. The van der Waals surface area contributed by atoms with E-state index in [0.717, 1.165) is 73.2 Å². The second kappa shape index (κ2) is 8.19. The van der Waals surface area contributed by atoms with Crippen LogP contribution >= 0.6 is 0 Å². The molecule has 2 bridgehead atoms. The Bertz CT molecular complexity index is 1450. The Morgan fingerprint density at radius 3 is 2.56 bits per heavy atom. The van der Waals surface area contributed by atoms with Crippen molar-refractivity contribution in [3.8, 4) is 11.3 Å². The Labute approximate surface area is 205 Å². The molecule has 2 unspecified atom stereocenters. The van der Waals surface area contributed by atoms with Crippen LogP contribution in [0, 0.1) is 11.6 Å². The molecule has 8 nitrogen and oxygen atoms in total. The van der Waals surface area contributed by atoms with Crippen molar-refractivity contribution in [1.82, 2.24) is 34.5 Å². The normalized spacial score (nSPS) is 24.4. The zero-order chi connectivity index (χ0) is 24.4. The lowest BCUT2D eigenvalue weighted by molar-refractivity contribution is 0.000434. The van der Waals surface area contributed by atoms with Crippen LogP contribution in [0.15, 0.2) is 49.2 Å². The van der Waals surface area contributed by atoms with Gasteiger partial charge in [0.1, 0.15) is 12.0 Å². The number of aromatic amines is 1. The van der Waals surface area contributed by atoms with E-state index in [0.29, 0.717) is 12.1 Å². The number of likely N-dealkylation sites (tertiary alicyclic amines) is 1. The number of carbonyl (C=O) groups excluding carboxylic acids is 1. The van der Waals surface area contributed by atoms with Crippen molar-refractivity contribution in [3.05, 3.63) is 66.4 Å². The summed E-state index contributed by atoms with van der Waals surface area (Å²) >= 11 is 0. The van der Waals surface area contributed by atoms with Crippen LogP contribution in [0.1, 0.15) is 42.1 Å². The van der Waals surface area contributed by atoms with Gasteiger partial charge in [-0.1, -0.05) is 0 Å². The molecular formula is C26H25F2N7O. The number of benzene rings is 1. The number of nitrogens with one attached hydrogen (secondary N) is 1. The quantitative estimate of drug-likeness (QED) is 0.472. The number of fused-ring (bicyclic) bond motifs is 3. The Hall–Kier alpha value is -3.66. The maximum atomic E-state index is 13.7. The molecule has 184 valence electrons. The van der Waals surface area contributed by atoms with Crippen LogP contribution < -0.4 is 0 Å². The molecule has 0 radical (unpaired) electrons. The van der Waals surface area contributed by atoms with Gasteiger partial charge in [0.15, 0.2) is 11.6 Å². The number of hydrogen-bond acceptors (Lipinski definition) is 5. The third kappa shape index (κ3) is 3.42. The largest absolute Gasteiger partial charge is 0.346 e. The van der Waals surface area contributed by atoms with Crippen molar-refractivity contribution < 1.29 is 13.6 Å². The molecule has 1 N–H and O–H groups in total. The van der Waals surface area contributed by atoms with Crippen LogP contribution in [0.2, 0.25) is 0 Å². The van der Waals surface area contributed by atoms with Crippen molar-refractivity contribution in [2.75, 3.05) is 13.1 Å². The first-order chi connectivity index (χ1) is 17.5. The van der Waals surface area contributed by atoms with Gasteiger partial charge in [-0.25, -0.2) is 18.7 Å². The van der Waals surface area contributed by atoms with Crippen LogP contribution in [-0.4, -0.2) is 71.7 Å². The summed E-state index contributed by atoms with van der Waals surface area (Å²) in [6, 6.07) is 6.43. The maximum Gasteiger partial charge on any atom is 0.254 e. The number of carbonyl (C=O) groups is 1. The molecule has 0 aliphatic carbocycles. The fourth-order valence-electron chi connectivity index (χ4n) is 6.27. The molecule has 1 amide bonds. The van der Waals surface area contributed by atoms with Gasteiger partial charge in [0.25, 0.3) is 5.91 Å². The second-order valence-corrected chi connectivity index (χ2v) is 10.1. The van der Waals surface area contributed by atoms with Crippen LogP contribution in [-0.2, 0) is 0 Å². The standard InChI is InChI=1S/C26H25F2N7O/c27-22-4-1-15(7-23(22)28)26(36)35-17-2-3-18(35)9-19(8-17)33-12-20(13-33)34-11-16(10-32-34)24-21-5-6-29-25(21)31-14-30-24/h1,4-7,10-11,14,17-20H,2-3,8-9,12-13H2,(H,29,30,31). The summed E-state index contributed by atoms with van der Waals surface area (Å²) in [5.74, 6) is -2.10. The predicted octanol–water partition coefficient (Wildman–Crippen LogP) is 3.79. The van der Waals surface area contributed by atoms with Crippen LogP contribution in [0.3, 0.4) is 0 Å². The van der Waals surface area contributed by atoms with Gasteiger partial charge in [0, 0.05) is 60.1 Å². The summed E-state index contributed by atoms with van der Waals surface area (Å²) in [5.41, 5.74) is 2.89. The monoisotopic (exact) mass is 489 g/mol. The lowest BCUT2D eigenvalue weighted by Gasteiger charge is -2.49. The number of halogens is 2. The molecule has 3 aromatic heterocycles. The highest BCUT2D eigenvalue weighted by Crippen LogP contribution is 2.41. The Morgan fingerprint density at radius 1 is 0.972 bits per heavy atom. The molecule has 7 rings (SSSR count). The molecule has 0 spiro atoms. The average molecular weight is 490 g/mol. The van der Waals surface area contributed by atoms with Gasteiger partial charge in [-0.05, 0) is 49.9 Å². The molecule has 4 aromatic rings.